The van der Waals surface area contributed by atoms with E-state index in [0.29, 0.717) is 23.6 Å². The van der Waals surface area contributed by atoms with Crippen LogP contribution in [0.15, 0.2) is 48.2 Å². The van der Waals surface area contributed by atoms with Gasteiger partial charge in [-0.2, -0.15) is 0 Å². The zero-order valence-corrected chi connectivity index (χ0v) is 22.3. The van der Waals surface area contributed by atoms with Gasteiger partial charge in [-0.25, -0.2) is 0 Å². The Labute approximate surface area is 227 Å². The molecule has 6 rings (SSSR count). The number of fused-ring (bicyclic) bond motifs is 3. The molecule has 1 fully saturated rings. The average Bonchev–Trinajstić information content (AvgIpc) is 3.63. The summed E-state index contributed by atoms with van der Waals surface area (Å²) in [6, 6.07) is 11.4. The first-order valence-corrected chi connectivity index (χ1v) is 13.5. The van der Waals surface area contributed by atoms with Crippen LogP contribution in [0.2, 0.25) is 0 Å². The molecule has 3 heterocycles. The highest BCUT2D eigenvalue weighted by molar-refractivity contribution is 5.80. The van der Waals surface area contributed by atoms with Crippen LogP contribution in [0.5, 0.6) is 11.5 Å². The van der Waals surface area contributed by atoms with Crippen molar-refractivity contribution in [2.24, 2.45) is 5.92 Å². The molecule has 0 unspecified atom stereocenters. The van der Waals surface area contributed by atoms with Crippen molar-refractivity contribution in [2.75, 3.05) is 39.8 Å². The molecule has 2 N–H and O–H groups in total. The zero-order valence-electron chi connectivity index (χ0n) is 22.3. The molecule has 4 aliphatic rings. The van der Waals surface area contributed by atoms with Crippen molar-refractivity contribution in [1.29, 1.82) is 0 Å². The Kier molecular flexibility index (Phi) is 6.62. The number of anilines is 1. The lowest BCUT2D eigenvalue weighted by molar-refractivity contribution is -0.159. The third-order valence-corrected chi connectivity index (χ3v) is 8.64. The lowest BCUT2D eigenvalue weighted by atomic mass is 9.77. The fourth-order valence-corrected chi connectivity index (χ4v) is 6.78. The zero-order chi connectivity index (χ0) is 27.1. The van der Waals surface area contributed by atoms with Crippen molar-refractivity contribution < 1.29 is 33.3 Å². The summed E-state index contributed by atoms with van der Waals surface area (Å²) in [7, 11) is 2.94. The molecule has 1 aliphatic carbocycles. The van der Waals surface area contributed by atoms with Gasteiger partial charge < -0.3 is 29.4 Å². The van der Waals surface area contributed by atoms with Crippen molar-refractivity contribution in [3.8, 4) is 11.5 Å². The van der Waals surface area contributed by atoms with E-state index in [9.17, 15) is 9.59 Å². The number of methoxy groups -OCH3 is 2. The molecule has 206 valence electrons. The van der Waals surface area contributed by atoms with Crippen LogP contribution in [-0.4, -0.2) is 62.6 Å². The van der Waals surface area contributed by atoms with E-state index in [1.165, 1.54) is 7.11 Å². The van der Waals surface area contributed by atoms with Crippen molar-refractivity contribution >= 4 is 17.6 Å². The molecule has 1 spiro atoms. The van der Waals surface area contributed by atoms with Gasteiger partial charge in [0.2, 0.25) is 6.79 Å². The summed E-state index contributed by atoms with van der Waals surface area (Å²) in [5.74, 6) is 0.260. The number of hydrogen-bond donors (Lipinski definition) is 1. The quantitative estimate of drug-likeness (QED) is 0.422. The van der Waals surface area contributed by atoms with Gasteiger partial charge in [-0.15, -0.1) is 0 Å². The second-order valence-corrected chi connectivity index (χ2v) is 10.7. The summed E-state index contributed by atoms with van der Waals surface area (Å²) in [5, 5.41) is 0. The third-order valence-electron chi connectivity index (χ3n) is 8.64. The highest BCUT2D eigenvalue weighted by Gasteiger charge is 2.58. The number of rotatable bonds is 7. The number of carbonyl (C=O) groups excluding carboxylic acids is 2. The maximum atomic E-state index is 13.8. The number of nitrogens with two attached hydrogens (primary N) is 1. The molecule has 0 bridgehead atoms. The van der Waals surface area contributed by atoms with Crippen molar-refractivity contribution in [2.45, 2.75) is 49.7 Å². The second kappa shape index (κ2) is 10.1. The number of ether oxygens (including phenoxy) is 5. The van der Waals surface area contributed by atoms with Gasteiger partial charge in [0.15, 0.2) is 17.6 Å². The molecule has 9 nitrogen and oxygen atoms in total. The number of nitrogens with zero attached hydrogens (tertiary/aromatic N) is 1. The normalized spacial score (nSPS) is 25.5. The van der Waals surface area contributed by atoms with Crippen LogP contribution in [0.1, 0.15) is 41.9 Å². The summed E-state index contributed by atoms with van der Waals surface area (Å²) >= 11 is 0. The molecule has 2 aromatic rings. The predicted molar refractivity (Wildman–Crippen MR) is 142 cm³/mol. The van der Waals surface area contributed by atoms with Crippen LogP contribution < -0.4 is 15.2 Å². The molecule has 9 heteroatoms. The van der Waals surface area contributed by atoms with Crippen LogP contribution in [0, 0.1) is 5.92 Å². The van der Waals surface area contributed by atoms with Gasteiger partial charge in [-0.3, -0.25) is 14.5 Å². The molecule has 0 saturated carbocycles. The Hall–Kier alpha value is -3.72. The van der Waals surface area contributed by atoms with Crippen molar-refractivity contribution in [1.82, 2.24) is 4.90 Å². The number of carbonyl (C=O) groups is 2. The van der Waals surface area contributed by atoms with Crippen LogP contribution >= 0.6 is 0 Å². The molecular weight excluding hydrogens is 500 g/mol. The van der Waals surface area contributed by atoms with Gasteiger partial charge in [0.25, 0.3) is 0 Å². The average molecular weight is 535 g/mol. The molecule has 0 radical (unpaired) electrons. The van der Waals surface area contributed by atoms with E-state index in [1.54, 1.807) is 19.2 Å². The number of benzene rings is 2. The molecule has 3 aliphatic heterocycles. The molecule has 0 aromatic heterocycles. The lowest BCUT2D eigenvalue weighted by Gasteiger charge is -2.39. The van der Waals surface area contributed by atoms with Crippen molar-refractivity contribution in [3.05, 3.63) is 64.9 Å². The molecule has 1 saturated heterocycles. The van der Waals surface area contributed by atoms with Crippen LogP contribution in [0.3, 0.4) is 0 Å². The summed E-state index contributed by atoms with van der Waals surface area (Å²) in [6.45, 7) is 2.05. The Bertz CT molecular complexity index is 1310. The van der Waals surface area contributed by atoms with E-state index >= 15 is 0 Å². The van der Waals surface area contributed by atoms with E-state index < -0.39 is 24.0 Å². The van der Waals surface area contributed by atoms with Crippen molar-refractivity contribution in [3.63, 3.8) is 0 Å². The third kappa shape index (κ3) is 4.48. The molecule has 2 aromatic carbocycles. The number of nitrogen functional groups attached to an aromatic ring is 1. The number of hydrogen-bond acceptors (Lipinski definition) is 9. The Balaban J connectivity index is 1.36. The highest BCUT2D eigenvalue weighted by Crippen LogP contribution is 2.55. The van der Waals surface area contributed by atoms with Crippen LogP contribution in [0.25, 0.3) is 0 Å². The van der Waals surface area contributed by atoms with E-state index in [-0.39, 0.29) is 24.7 Å². The maximum absolute atomic E-state index is 13.8. The number of esters is 2. The first kappa shape index (κ1) is 25.6. The Morgan fingerprint density at radius 2 is 1.90 bits per heavy atom. The van der Waals surface area contributed by atoms with E-state index in [2.05, 4.69) is 23.1 Å². The molecule has 4 atom stereocenters. The lowest BCUT2D eigenvalue weighted by Crippen LogP contribution is -2.47. The Morgan fingerprint density at radius 3 is 2.64 bits per heavy atom. The highest BCUT2D eigenvalue weighted by atomic mass is 16.7. The van der Waals surface area contributed by atoms with Gasteiger partial charge in [-0.1, -0.05) is 12.1 Å². The van der Waals surface area contributed by atoms with Gasteiger partial charge in [0, 0.05) is 12.2 Å². The minimum atomic E-state index is -0.725. The summed E-state index contributed by atoms with van der Waals surface area (Å²) in [4.78, 5) is 28.6. The molecule has 0 amide bonds. The predicted octanol–water partition coefficient (Wildman–Crippen LogP) is 3.35. The van der Waals surface area contributed by atoms with E-state index in [0.717, 1.165) is 54.8 Å². The second-order valence-electron chi connectivity index (χ2n) is 10.7. The maximum Gasteiger partial charge on any atom is 0.310 e. The smallest absolute Gasteiger partial charge is 0.310 e. The summed E-state index contributed by atoms with van der Waals surface area (Å²) in [5.41, 5.74) is 9.28. The van der Waals surface area contributed by atoms with Gasteiger partial charge in [0.1, 0.15) is 5.76 Å². The standard InChI is InChI=1S/C30H34N2O7/c1-35-25-16-30-9-3-10-32(30)11-8-19-13-23-24(38-17-37-23)15-22(19)27(30)28(25)39-29(34)20(14-26(33)36-2)12-18-4-6-21(31)7-5-18/h4-7,13,15-16,20,27-28H,3,8-12,14,17,31H2,1-2H3/t20-,27+,28+,30-/m0/s1. The summed E-state index contributed by atoms with van der Waals surface area (Å²) in [6.07, 6.45) is 4.60. The monoisotopic (exact) mass is 534 g/mol. The fraction of sp³-hybridized carbons (Fsp3) is 0.467. The first-order chi connectivity index (χ1) is 18.9. The van der Waals surface area contributed by atoms with E-state index in [4.69, 9.17) is 29.4 Å². The van der Waals surface area contributed by atoms with Crippen LogP contribution in [-0.2, 0) is 36.6 Å². The fourth-order valence-electron chi connectivity index (χ4n) is 6.78. The summed E-state index contributed by atoms with van der Waals surface area (Å²) < 4.78 is 28.6. The largest absolute Gasteiger partial charge is 0.497 e. The molecular formula is C30H34N2O7. The van der Waals surface area contributed by atoms with Gasteiger partial charge >= 0.3 is 11.9 Å². The van der Waals surface area contributed by atoms with Crippen LogP contribution in [0.4, 0.5) is 5.69 Å². The van der Waals surface area contributed by atoms with Gasteiger partial charge in [-0.05, 0) is 79.3 Å². The Morgan fingerprint density at radius 1 is 1.13 bits per heavy atom. The SMILES string of the molecule is COC(=O)C[C@H](Cc1ccc(N)cc1)C(=O)O[C@@H]1C(OC)=C[C@]23CCCN2CCc2cc4c(cc2[C@H]13)OCO4. The van der Waals surface area contributed by atoms with E-state index in [1.807, 2.05) is 12.1 Å². The van der Waals surface area contributed by atoms with Gasteiger partial charge in [0.05, 0.1) is 38.0 Å². The molecule has 39 heavy (non-hydrogen) atoms. The minimum absolute atomic E-state index is 0.0876. The first-order valence-electron chi connectivity index (χ1n) is 13.5. The topological polar surface area (TPSA) is 110 Å². The minimum Gasteiger partial charge on any atom is -0.497 e.